The minimum atomic E-state index is -0.0253. The van der Waals surface area contributed by atoms with Crippen LogP contribution in [0.3, 0.4) is 0 Å². The van der Waals surface area contributed by atoms with Gasteiger partial charge in [0.2, 0.25) is 0 Å². The Balaban J connectivity index is 1.19. The van der Waals surface area contributed by atoms with E-state index in [2.05, 4.69) is 86.1 Å². The molecule has 1 aromatic heterocycles. The van der Waals surface area contributed by atoms with E-state index in [0.29, 0.717) is 0 Å². The van der Waals surface area contributed by atoms with Crippen molar-refractivity contribution in [2.24, 2.45) is 0 Å². The van der Waals surface area contributed by atoms with E-state index in [1.54, 1.807) is 4.88 Å². The molecule has 150 valence electrons. The van der Waals surface area contributed by atoms with E-state index in [9.17, 15) is 0 Å². The lowest BCUT2D eigenvalue weighted by molar-refractivity contribution is -0.0980. The molecule has 0 bridgehead atoms. The maximum atomic E-state index is 6.34. The Hall–Kier alpha value is -1.66. The molecule has 3 heterocycles. The van der Waals surface area contributed by atoms with Crippen LogP contribution >= 0.6 is 27.3 Å². The number of benzene rings is 2. The summed E-state index contributed by atoms with van der Waals surface area (Å²) in [5.74, 6) is 0. The van der Waals surface area contributed by atoms with Gasteiger partial charge in [0, 0.05) is 46.8 Å². The van der Waals surface area contributed by atoms with Crippen molar-refractivity contribution in [1.29, 1.82) is 0 Å². The van der Waals surface area contributed by atoms with Gasteiger partial charge in [-0.15, -0.1) is 11.3 Å². The number of likely N-dealkylation sites (tertiary alicyclic amines) is 1. The zero-order valence-electron chi connectivity index (χ0n) is 16.4. The molecule has 1 N–H and O–H groups in total. The van der Waals surface area contributed by atoms with Gasteiger partial charge in [0.1, 0.15) is 0 Å². The van der Waals surface area contributed by atoms with Crippen LogP contribution in [0.5, 0.6) is 0 Å². The summed E-state index contributed by atoms with van der Waals surface area (Å²) in [6.45, 7) is 4.06. The van der Waals surface area contributed by atoms with Crippen molar-refractivity contribution in [2.75, 3.05) is 25.0 Å². The lowest BCUT2D eigenvalue weighted by Gasteiger charge is -2.44. The van der Waals surface area contributed by atoms with Gasteiger partial charge in [-0.3, -0.25) is 4.90 Å². The van der Waals surface area contributed by atoms with Gasteiger partial charge in [0.05, 0.1) is 12.2 Å². The molecule has 0 radical (unpaired) electrons. The van der Waals surface area contributed by atoms with Gasteiger partial charge in [-0.1, -0.05) is 28.1 Å². The van der Waals surface area contributed by atoms with Crippen molar-refractivity contribution >= 4 is 38.6 Å². The van der Waals surface area contributed by atoms with Crippen molar-refractivity contribution in [3.8, 4) is 0 Å². The van der Waals surface area contributed by atoms with Crippen LogP contribution in [0.15, 0.2) is 64.5 Å². The fourth-order valence-corrected chi connectivity index (χ4v) is 5.71. The largest absolute Gasteiger partial charge is 0.370 e. The lowest BCUT2D eigenvalue weighted by atomic mass is 9.82. The number of thiophene rings is 1. The van der Waals surface area contributed by atoms with Crippen LogP contribution < -0.4 is 5.32 Å². The van der Waals surface area contributed by atoms with Crippen LogP contribution in [0.1, 0.15) is 28.8 Å². The van der Waals surface area contributed by atoms with Crippen molar-refractivity contribution in [3.05, 3.63) is 80.5 Å². The smallest absolute Gasteiger partial charge is 0.0966 e. The molecule has 2 aliphatic rings. The lowest BCUT2D eigenvalue weighted by Crippen LogP contribution is -2.45. The Bertz CT molecular complexity index is 959. The van der Waals surface area contributed by atoms with E-state index in [4.69, 9.17) is 4.74 Å². The zero-order chi connectivity index (χ0) is 19.7. The number of piperidine rings is 1. The summed E-state index contributed by atoms with van der Waals surface area (Å²) >= 11 is 5.37. The molecule has 0 atom stereocenters. The summed E-state index contributed by atoms with van der Waals surface area (Å²) in [7, 11) is 0. The number of anilines is 2. The molecule has 2 aliphatic heterocycles. The standard InChI is InChI=1S/C24H25BrN2OS/c25-19-3-7-21(8-4-19)26-20-5-1-18(2-6-20)17-27-13-11-24(12-14-27)22-10-16-29-23(22)9-15-28-24/h1-8,10,16,26H,9,11-15,17H2. The number of rotatable bonds is 4. The normalized spacial score (nSPS) is 18.5. The summed E-state index contributed by atoms with van der Waals surface area (Å²) < 4.78 is 7.43. The molecule has 1 spiro atoms. The maximum absolute atomic E-state index is 6.34. The minimum absolute atomic E-state index is 0.0253. The van der Waals surface area contributed by atoms with E-state index in [0.717, 1.165) is 61.4 Å². The van der Waals surface area contributed by atoms with E-state index in [1.165, 1.54) is 11.1 Å². The van der Waals surface area contributed by atoms with Gasteiger partial charge in [-0.05, 0) is 71.8 Å². The van der Waals surface area contributed by atoms with Gasteiger partial charge >= 0.3 is 0 Å². The molecule has 0 unspecified atom stereocenters. The second kappa shape index (κ2) is 8.23. The number of nitrogens with one attached hydrogen (secondary N) is 1. The van der Waals surface area contributed by atoms with Crippen LogP contribution in [-0.4, -0.2) is 24.6 Å². The van der Waals surface area contributed by atoms with E-state index >= 15 is 0 Å². The molecule has 3 aromatic rings. The SMILES string of the molecule is Brc1ccc(Nc2ccc(CN3CCC4(CC3)OCCc3sccc34)cc2)cc1. The fourth-order valence-electron chi connectivity index (χ4n) is 4.49. The van der Waals surface area contributed by atoms with E-state index in [1.807, 2.05) is 11.3 Å². The highest BCUT2D eigenvalue weighted by Crippen LogP contribution is 2.43. The third-order valence-corrected chi connectivity index (χ3v) is 7.61. The molecule has 0 aliphatic carbocycles. The summed E-state index contributed by atoms with van der Waals surface area (Å²) in [6.07, 6.45) is 3.28. The predicted octanol–water partition coefficient (Wildman–Crippen LogP) is 6.32. The average Bonchev–Trinajstić information content (AvgIpc) is 3.24. The third kappa shape index (κ3) is 4.15. The van der Waals surface area contributed by atoms with Crippen molar-refractivity contribution in [3.63, 3.8) is 0 Å². The summed E-state index contributed by atoms with van der Waals surface area (Å²) in [5, 5.41) is 5.69. The second-order valence-electron chi connectivity index (χ2n) is 7.96. The Morgan fingerprint density at radius 1 is 0.966 bits per heavy atom. The minimum Gasteiger partial charge on any atom is -0.370 e. The molecule has 5 heteroatoms. The fraction of sp³-hybridized carbons (Fsp3) is 0.333. The highest BCUT2D eigenvalue weighted by atomic mass is 79.9. The molecular weight excluding hydrogens is 444 g/mol. The summed E-state index contributed by atoms with van der Waals surface area (Å²) in [4.78, 5) is 4.10. The van der Waals surface area contributed by atoms with Crippen LogP contribution in [0.25, 0.3) is 0 Å². The highest BCUT2D eigenvalue weighted by Gasteiger charge is 2.41. The molecule has 1 fully saturated rings. The highest BCUT2D eigenvalue weighted by molar-refractivity contribution is 9.10. The molecular formula is C24H25BrN2OS. The van der Waals surface area contributed by atoms with Crippen LogP contribution in [0.2, 0.25) is 0 Å². The number of halogens is 1. The number of nitrogens with zero attached hydrogens (tertiary/aromatic N) is 1. The molecule has 5 rings (SSSR count). The summed E-state index contributed by atoms with van der Waals surface area (Å²) in [6, 6.07) is 19.4. The van der Waals surface area contributed by atoms with Crippen LogP contribution in [-0.2, 0) is 23.3 Å². The Labute approximate surface area is 184 Å². The van der Waals surface area contributed by atoms with E-state index in [-0.39, 0.29) is 5.60 Å². The summed E-state index contributed by atoms with van der Waals surface area (Å²) in [5.41, 5.74) is 5.03. The maximum Gasteiger partial charge on any atom is 0.0966 e. The molecule has 3 nitrogen and oxygen atoms in total. The van der Waals surface area contributed by atoms with Gasteiger partial charge < -0.3 is 10.1 Å². The molecule has 0 saturated carbocycles. The van der Waals surface area contributed by atoms with Crippen LogP contribution in [0.4, 0.5) is 11.4 Å². The van der Waals surface area contributed by atoms with Crippen LogP contribution in [0, 0.1) is 0 Å². The number of hydrogen-bond acceptors (Lipinski definition) is 4. The Kier molecular flexibility index (Phi) is 5.48. The van der Waals surface area contributed by atoms with Gasteiger partial charge in [0.25, 0.3) is 0 Å². The molecule has 1 saturated heterocycles. The quantitative estimate of drug-likeness (QED) is 0.484. The molecule has 2 aromatic carbocycles. The number of ether oxygens (including phenoxy) is 1. The molecule has 29 heavy (non-hydrogen) atoms. The zero-order valence-corrected chi connectivity index (χ0v) is 18.8. The van der Waals surface area contributed by atoms with Gasteiger partial charge in [0.15, 0.2) is 0 Å². The number of hydrogen-bond donors (Lipinski definition) is 1. The first-order valence-corrected chi connectivity index (χ1v) is 11.9. The average molecular weight is 469 g/mol. The van der Waals surface area contributed by atoms with Gasteiger partial charge in [-0.2, -0.15) is 0 Å². The van der Waals surface area contributed by atoms with Crippen molar-refractivity contribution in [1.82, 2.24) is 4.90 Å². The van der Waals surface area contributed by atoms with Gasteiger partial charge in [-0.25, -0.2) is 0 Å². The second-order valence-corrected chi connectivity index (χ2v) is 9.87. The first kappa shape index (κ1) is 19.3. The third-order valence-electron chi connectivity index (χ3n) is 6.10. The molecule has 0 amide bonds. The van der Waals surface area contributed by atoms with Crippen molar-refractivity contribution in [2.45, 2.75) is 31.4 Å². The number of fused-ring (bicyclic) bond motifs is 2. The first-order chi connectivity index (χ1) is 14.2. The van der Waals surface area contributed by atoms with E-state index < -0.39 is 0 Å². The monoisotopic (exact) mass is 468 g/mol. The predicted molar refractivity (Wildman–Crippen MR) is 124 cm³/mol. The Morgan fingerprint density at radius 3 is 2.38 bits per heavy atom. The van der Waals surface area contributed by atoms with Crippen molar-refractivity contribution < 1.29 is 4.74 Å². The topological polar surface area (TPSA) is 24.5 Å². The first-order valence-electron chi connectivity index (χ1n) is 10.2. The Morgan fingerprint density at radius 2 is 1.66 bits per heavy atom.